The minimum absolute atomic E-state index is 0.354. The molecule has 4 heteroatoms. The number of nitrogens with two attached hydrogens (primary N) is 1. The SMILES string of the molecule is C[C@H](CN)NCc1cn(C)cn1. The van der Waals surface area contributed by atoms with Crippen molar-refractivity contribution < 1.29 is 0 Å². The van der Waals surface area contributed by atoms with E-state index < -0.39 is 0 Å². The number of imidazole rings is 1. The van der Waals surface area contributed by atoms with E-state index in [2.05, 4.69) is 17.2 Å². The maximum absolute atomic E-state index is 5.45. The Morgan fingerprint density at radius 3 is 3.00 bits per heavy atom. The number of hydrogen-bond donors (Lipinski definition) is 2. The molecule has 0 aliphatic rings. The van der Waals surface area contributed by atoms with Crippen molar-refractivity contribution in [2.24, 2.45) is 12.8 Å². The van der Waals surface area contributed by atoms with E-state index in [1.807, 2.05) is 17.8 Å². The fourth-order valence-electron chi connectivity index (χ4n) is 0.920. The van der Waals surface area contributed by atoms with Crippen LogP contribution in [0.25, 0.3) is 0 Å². The lowest BCUT2D eigenvalue weighted by Gasteiger charge is -2.08. The van der Waals surface area contributed by atoms with Crippen molar-refractivity contribution in [2.75, 3.05) is 6.54 Å². The molecule has 0 amide bonds. The minimum Gasteiger partial charge on any atom is -0.340 e. The molecule has 0 bridgehead atoms. The van der Waals surface area contributed by atoms with Crippen LogP contribution in [0.5, 0.6) is 0 Å². The van der Waals surface area contributed by atoms with Gasteiger partial charge in [0.25, 0.3) is 0 Å². The zero-order valence-electron chi connectivity index (χ0n) is 7.62. The lowest BCUT2D eigenvalue weighted by atomic mass is 10.3. The zero-order valence-corrected chi connectivity index (χ0v) is 7.62. The summed E-state index contributed by atoms with van der Waals surface area (Å²) in [5.41, 5.74) is 6.51. The van der Waals surface area contributed by atoms with Gasteiger partial charge in [0.1, 0.15) is 0 Å². The highest BCUT2D eigenvalue weighted by Gasteiger charge is 1.99. The molecular weight excluding hydrogens is 152 g/mol. The van der Waals surface area contributed by atoms with Gasteiger partial charge >= 0.3 is 0 Å². The largest absolute Gasteiger partial charge is 0.340 e. The van der Waals surface area contributed by atoms with Gasteiger partial charge < -0.3 is 15.6 Å². The summed E-state index contributed by atoms with van der Waals surface area (Å²) in [6.07, 6.45) is 3.79. The summed E-state index contributed by atoms with van der Waals surface area (Å²) in [6, 6.07) is 0.354. The quantitative estimate of drug-likeness (QED) is 0.657. The Balaban J connectivity index is 2.33. The predicted octanol–water partition coefficient (Wildman–Crippen LogP) is -0.143. The summed E-state index contributed by atoms with van der Waals surface area (Å²) in [6.45, 7) is 3.51. The number of nitrogens with zero attached hydrogens (tertiary/aromatic N) is 2. The first-order valence-electron chi connectivity index (χ1n) is 4.12. The van der Waals surface area contributed by atoms with E-state index in [-0.39, 0.29) is 0 Å². The number of aryl methyl sites for hydroxylation is 1. The first kappa shape index (κ1) is 9.22. The summed E-state index contributed by atoms with van der Waals surface area (Å²) >= 11 is 0. The van der Waals surface area contributed by atoms with E-state index in [4.69, 9.17) is 5.73 Å². The first-order chi connectivity index (χ1) is 5.72. The molecule has 0 radical (unpaired) electrons. The van der Waals surface area contributed by atoms with Crippen molar-refractivity contribution in [1.82, 2.24) is 14.9 Å². The maximum atomic E-state index is 5.45. The summed E-state index contributed by atoms with van der Waals surface area (Å²) in [4.78, 5) is 4.18. The van der Waals surface area contributed by atoms with Gasteiger partial charge in [-0.15, -0.1) is 0 Å². The summed E-state index contributed by atoms with van der Waals surface area (Å²) in [5.74, 6) is 0. The van der Waals surface area contributed by atoms with Crippen LogP contribution in [0.4, 0.5) is 0 Å². The molecule has 0 spiro atoms. The first-order valence-corrected chi connectivity index (χ1v) is 4.12. The van der Waals surface area contributed by atoms with Crippen LogP contribution >= 0.6 is 0 Å². The maximum Gasteiger partial charge on any atom is 0.0947 e. The average molecular weight is 168 g/mol. The Hall–Kier alpha value is -0.870. The molecule has 4 nitrogen and oxygen atoms in total. The van der Waals surface area contributed by atoms with E-state index in [1.54, 1.807) is 6.33 Å². The van der Waals surface area contributed by atoms with Crippen molar-refractivity contribution >= 4 is 0 Å². The third-order valence-electron chi connectivity index (χ3n) is 1.74. The van der Waals surface area contributed by atoms with E-state index >= 15 is 0 Å². The molecular formula is C8H16N4. The van der Waals surface area contributed by atoms with Gasteiger partial charge in [-0.1, -0.05) is 0 Å². The highest BCUT2D eigenvalue weighted by molar-refractivity contribution is 4.95. The molecule has 0 aromatic carbocycles. The number of aromatic nitrogens is 2. The lowest BCUT2D eigenvalue weighted by Crippen LogP contribution is -2.32. The number of nitrogens with one attached hydrogen (secondary N) is 1. The molecule has 0 aliphatic heterocycles. The van der Waals surface area contributed by atoms with E-state index in [0.717, 1.165) is 12.2 Å². The molecule has 68 valence electrons. The Bertz CT molecular complexity index is 231. The monoisotopic (exact) mass is 168 g/mol. The van der Waals surface area contributed by atoms with Crippen molar-refractivity contribution in [1.29, 1.82) is 0 Å². The van der Waals surface area contributed by atoms with Gasteiger partial charge in [0.05, 0.1) is 12.0 Å². The molecule has 1 rings (SSSR count). The van der Waals surface area contributed by atoms with Crippen LogP contribution in [0.3, 0.4) is 0 Å². The van der Waals surface area contributed by atoms with Gasteiger partial charge in [-0.05, 0) is 6.92 Å². The van der Waals surface area contributed by atoms with Crippen LogP contribution in [0.1, 0.15) is 12.6 Å². The summed E-state index contributed by atoms with van der Waals surface area (Å²) < 4.78 is 1.93. The topological polar surface area (TPSA) is 55.9 Å². The molecule has 1 heterocycles. The van der Waals surface area contributed by atoms with E-state index in [0.29, 0.717) is 12.6 Å². The normalized spacial score (nSPS) is 13.2. The molecule has 0 unspecified atom stereocenters. The van der Waals surface area contributed by atoms with Crippen LogP contribution in [0.2, 0.25) is 0 Å². The third-order valence-corrected chi connectivity index (χ3v) is 1.74. The van der Waals surface area contributed by atoms with E-state index in [1.165, 1.54) is 0 Å². The van der Waals surface area contributed by atoms with Gasteiger partial charge in [-0.25, -0.2) is 4.98 Å². The molecule has 1 atom stereocenters. The zero-order chi connectivity index (χ0) is 8.97. The van der Waals surface area contributed by atoms with Crippen LogP contribution in [0.15, 0.2) is 12.5 Å². The van der Waals surface area contributed by atoms with Gasteiger partial charge in [0.15, 0.2) is 0 Å². The Labute approximate surface area is 72.8 Å². The van der Waals surface area contributed by atoms with Crippen LogP contribution < -0.4 is 11.1 Å². The van der Waals surface area contributed by atoms with Gasteiger partial charge in [0.2, 0.25) is 0 Å². The number of hydrogen-bond acceptors (Lipinski definition) is 3. The lowest BCUT2D eigenvalue weighted by molar-refractivity contribution is 0.551. The molecule has 3 N–H and O–H groups in total. The molecule has 1 aromatic heterocycles. The van der Waals surface area contributed by atoms with Crippen LogP contribution in [-0.2, 0) is 13.6 Å². The molecule has 12 heavy (non-hydrogen) atoms. The second-order valence-electron chi connectivity index (χ2n) is 3.05. The molecule has 0 aliphatic carbocycles. The average Bonchev–Trinajstić information content (AvgIpc) is 2.47. The molecule has 1 aromatic rings. The molecule has 0 saturated carbocycles. The van der Waals surface area contributed by atoms with Crippen molar-refractivity contribution in [3.8, 4) is 0 Å². The number of rotatable bonds is 4. The van der Waals surface area contributed by atoms with Crippen molar-refractivity contribution in [3.05, 3.63) is 18.2 Å². The smallest absolute Gasteiger partial charge is 0.0947 e. The summed E-state index contributed by atoms with van der Waals surface area (Å²) in [5, 5.41) is 3.26. The second-order valence-corrected chi connectivity index (χ2v) is 3.05. The van der Waals surface area contributed by atoms with Crippen LogP contribution in [0, 0.1) is 0 Å². The van der Waals surface area contributed by atoms with Crippen LogP contribution in [-0.4, -0.2) is 22.1 Å². The third kappa shape index (κ3) is 2.64. The van der Waals surface area contributed by atoms with E-state index in [9.17, 15) is 0 Å². The highest BCUT2D eigenvalue weighted by Crippen LogP contribution is 1.93. The highest BCUT2D eigenvalue weighted by atomic mass is 15.0. The summed E-state index contributed by atoms with van der Waals surface area (Å²) in [7, 11) is 1.96. The van der Waals surface area contributed by atoms with Gasteiger partial charge in [0, 0.05) is 32.4 Å². The van der Waals surface area contributed by atoms with Gasteiger partial charge in [-0.2, -0.15) is 0 Å². The Morgan fingerprint density at radius 1 is 1.75 bits per heavy atom. The van der Waals surface area contributed by atoms with Crippen molar-refractivity contribution in [3.63, 3.8) is 0 Å². The Kier molecular flexibility index (Phi) is 3.25. The molecule has 0 saturated heterocycles. The fraction of sp³-hybridized carbons (Fsp3) is 0.625. The van der Waals surface area contributed by atoms with Crippen molar-refractivity contribution in [2.45, 2.75) is 19.5 Å². The molecule has 0 fully saturated rings. The minimum atomic E-state index is 0.354. The Morgan fingerprint density at radius 2 is 2.50 bits per heavy atom. The second kappa shape index (κ2) is 4.23. The predicted molar refractivity (Wildman–Crippen MR) is 48.6 cm³/mol. The standard InChI is InChI=1S/C8H16N4/c1-7(3-9)10-4-8-5-12(2)6-11-8/h5-7,10H,3-4,9H2,1-2H3/t7-/m1/s1. The van der Waals surface area contributed by atoms with Gasteiger partial charge in [-0.3, -0.25) is 0 Å². The fourth-order valence-corrected chi connectivity index (χ4v) is 0.920.